The number of halogens is 1. The summed E-state index contributed by atoms with van der Waals surface area (Å²) in [5.74, 6) is -1.71. The number of fused-ring (bicyclic) bond motifs is 1. The van der Waals surface area contributed by atoms with Crippen LogP contribution in [0.5, 0.6) is 17.2 Å². The van der Waals surface area contributed by atoms with Crippen LogP contribution in [0.25, 0.3) is 0 Å². The molecule has 0 aliphatic carbocycles. The first-order valence-electron chi connectivity index (χ1n) is 10.9. The van der Waals surface area contributed by atoms with Crippen LogP contribution in [0.4, 0.5) is 15.8 Å². The summed E-state index contributed by atoms with van der Waals surface area (Å²) in [6.45, 7) is 0. The van der Waals surface area contributed by atoms with E-state index in [1.165, 1.54) is 44.6 Å². The van der Waals surface area contributed by atoms with Gasteiger partial charge in [0.05, 0.1) is 32.7 Å². The van der Waals surface area contributed by atoms with Gasteiger partial charge < -0.3 is 14.2 Å². The zero-order valence-corrected chi connectivity index (χ0v) is 19.3. The molecule has 180 valence electrons. The van der Waals surface area contributed by atoms with Crippen molar-refractivity contribution in [2.75, 3.05) is 31.3 Å². The highest BCUT2D eigenvalue weighted by Crippen LogP contribution is 2.52. The molecule has 3 atom stereocenters. The number of hydrogen-bond acceptors (Lipinski definition) is 7. The highest BCUT2D eigenvalue weighted by Gasteiger charge is 2.61. The lowest BCUT2D eigenvalue weighted by Crippen LogP contribution is -2.38. The van der Waals surface area contributed by atoms with Crippen molar-refractivity contribution >= 4 is 23.2 Å². The summed E-state index contributed by atoms with van der Waals surface area (Å²) >= 11 is 0. The number of carbonyl (C=O) groups is 2. The lowest BCUT2D eigenvalue weighted by atomic mass is 9.89. The third-order valence-electron chi connectivity index (χ3n) is 6.27. The van der Waals surface area contributed by atoms with Crippen molar-refractivity contribution in [2.24, 2.45) is 5.92 Å². The number of imide groups is 1. The first kappa shape index (κ1) is 22.7. The Morgan fingerprint density at radius 2 is 1.49 bits per heavy atom. The first-order valence-corrected chi connectivity index (χ1v) is 10.9. The highest BCUT2D eigenvalue weighted by molar-refractivity contribution is 6.24. The van der Waals surface area contributed by atoms with Gasteiger partial charge >= 0.3 is 0 Å². The number of amides is 2. The van der Waals surface area contributed by atoms with E-state index in [2.05, 4.69) is 0 Å². The summed E-state index contributed by atoms with van der Waals surface area (Å²) in [5, 5.41) is 1.54. The van der Waals surface area contributed by atoms with Crippen LogP contribution in [0.3, 0.4) is 0 Å². The summed E-state index contributed by atoms with van der Waals surface area (Å²) < 4.78 is 31.2. The van der Waals surface area contributed by atoms with Gasteiger partial charge in [-0.25, -0.2) is 14.4 Å². The molecule has 9 heteroatoms. The third-order valence-corrected chi connectivity index (χ3v) is 6.27. The third kappa shape index (κ3) is 3.47. The molecular weight excluding hydrogens is 455 g/mol. The van der Waals surface area contributed by atoms with Crippen molar-refractivity contribution in [1.82, 2.24) is 0 Å². The summed E-state index contributed by atoms with van der Waals surface area (Å²) in [6, 6.07) is 17.5. The monoisotopic (exact) mass is 478 g/mol. The molecule has 0 N–H and O–H groups in total. The molecule has 35 heavy (non-hydrogen) atoms. The second-order valence-electron chi connectivity index (χ2n) is 8.04. The lowest BCUT2D eigenvalue weighted by Gasteiger charge is -2.30. The molecule has 2 fully saturated rings. The number of ether oxygens (including phenoxy) is 3. The molecule has 0 aromatic heterocycles. The van der Waals surface area contributed by atoms with Gasteiger partial charge in [0.2, 0.25) is 11.7 Å². The molecule has 8 nitrogen and oxygen atoms in total. The molecule has 0 saturated carbocycles. The fourth-order valence-corrected chi connectivity index (χ4v) is 4.76. The van der Waals surface area contributed by atoms with Gasteiger partial charge in [0.1, 0.15) is 17.8 Å². The molecule has 2 heterocycles. The predicted molar refractivity (Wildman–Crippen MR) is 125 cm³/mol. The summed E-state index contributed by atoms with van der Waals surface area (Å²) in [4.78, 5) is 34.1. The Hall–Kier alpha value is -4.11. The van der Waals surface area contributed by atoms with E-state index < -0.39 is 35.7 Å². The van der Waals surface area contributed by atoms with Crippen molar-refractivity contribution < 1.29 is 33.0 Å². The van der Waals surface area contributed by atoms with E-state index in [4.69, 9.17) is 19.0 Å². The van der Waals surface area contributed by atoms with Gasteiger partial charge in [0.25, 0.3) is 5.91 Å². The van der Waals surface area contributed by atoms with Crippen LogP contribution in [0.15, 0.2) is 66.7 Å². The molecule has 3 aromatic rings. The quantitative estimate of drug-likeness (QED) is 0.498. The number of nitrogens with zero attached hydrogens (tertiary/aromatic N) is 2. The minimum Gasteiger partial charge on any atom is -0.493 e. The van der Waals surface area contributed by atoms with E-state index in [1.807, 2.05) is 30.3 Å². The van der Waals surface area contributed by atoms with Crippen LogP contribution < -0.4 is 24.2 Å². The zero-order chi connectivity index (χ0) is 24.7. The maximum Gasteiger partial charge on any atom is 0.266 e. The van der Waals surface area contributed by atoms with Gasteiger partial charge in [-0.3, -0.25) is 14.4 Å². The molecule has 0 radical (unpaired) electrons. The normalized spacial score (nSPS) is 21.3. The van der Waals surface area contributed by atoms with Crippen LogP contribution in [0, 0.1) is 11.7 Å². The maximum absolute atomic E-state index is 14.6. The van der Waals surface area contributed by atoms with Gasteiger partial charge in [-0.15, -0.1) is 0 Å². The lowest BCUT2D eigenvalue weighted by molar-refractivity contribution is -0.126. The van der Waals surface area contributed by atoms with Crippen molar-refractivity contribution in [1.29, 1.82) is 0 Å². The van der Waals surface area contributed by atoms with Gasteiger partial charge in [-0.2, -0.15) is 0 Å². The molecule has 2 aliphatic rings. The number of hydroxylamine groups is 1. The number of hydrogen-bond donors (Lipinski definition) is 0. The van der Waals surface area contributed by atoms with Crippen LogP contribution >= 0.6 is 0 Å². The number of anilines is 2. The van der Waals surface area contributed by atoms with Crippen LogP contribution in [-0.2, 0) is 14.4 Å². The average molecular weight is 478 g/mol. The minimum atomic E-state index is -1.15. The number of para-hydroxylation sites is 2. The first-order chi connectivity index (χ1) is 17.0. The standard InChI is InChI=1S/C26H23FN2O6/c1-32-19-14-13-16(22(33-2)23(19)34-3)21-20-24(35-29(21)15-9-5-4-6-10-15)26(31)28(25(20)30)18-12-8-7-11-17(18)27/h4-14,20-21,24H,1-3H3/t20-,21+,24-/m1/s1. The molecular formula is C26H23FN2O6. The zero-order valence-electron chi connectivity index (χ0n) is 19.3. The van der Waals surface area contributed by atoms with Crippen molar-refractivity contribution in [3.05, 3.63) is 78.1 Å². The van der Waals surface area contributed by atoms with Crippen molar-refractivity contribution in [2.45, 2.75) is 12.1 Å². The number of carbonyl (C=O) groups excluding carboxylic acids is 2. The van der Waals surface area contributed by atoms with Gasteiger partial charge in [-0.1, -0.05) is 30.3 Å². The van der Waals surface area contributed by atoms with E-state index in [-0.39, 0.29) is 5.69 Å². The molecule has 0 spiro atoms. The predicted octanol–water partition coefficient (Wildman–Crippen LogP) is 3.90. The van der Waals surface area contributed by atoms with E-state index in [0.29, 0.717) is 28.5 Å². The second-order valence-corrected chi connectivity index (χ2v) is 8.04. The Kier molecular flexibility index (Phi) is 5.78. The summed E-state index contributed by atoms with van der Waals surface area (Å²) in [7, 11) is 4.47. The molecule has 2 saturated heterocycles. The summed E-state index contributed by atoms with van der Waals surface area (Å²) in [6.07, 6.45) is -1.15. The van der Waals surface area contributed by atoms with Crippen molar-refractivity contribution in [3.8, 4) is 17.2 Å². The second kappa shape index (κ2) is 8.92. The topological polar surface area (TPSA) is 77.5 Å². The van der Waals surface area contributed by atoms with Crippen LogP contribution in [0.1, 0.15) is 11.6 Å². The van der Waals surface area contributed by atoms with Crippen LogP contribution in [-0.4, -0.2) is 39.2 Å². The molecule has 2 aliphatic heterocycles. The van der Waals surface area contributed by atoms with Crippen molar-refractivity contribution in [3.63, 3.8) is 0 Å². The van der Waals surface area contributed by atoms with Gasteiger partial charge in [0.15, 0.2) is 17.6 Å². The number of benzene rings is 3. The fraction of sp³-hybridized carbons (Fsp3) is 0.231. The minimum absolute atomic E-state index is 0.107. The van der Waals surface area contributed by atoms with Gasteiger partial charge in [0, 0.05) is 5.56 Å². The Labute approximate surface area is 201 Å². The number of methoxy groups -OCH3 is 3. The highest BCUT2D eigenvalue weighted by atomic mass is 19.1. The Morgan fingerprint density at radius 1 is 0.800 bits per heavy atom. The largest absolute Gasteiger partial charge is 0.493 e. The Morgan fingerprint density at radius 3 is 2.14 bits per heavy atom. The number of rotatable bonds is 6. The molecule has 0 unspecified atom stereocenters. The van der Waals surface area contributed by atoms with Crippen LogP contribution in [0.2, 0.25) is 0 Å². The summed E-state index contributed by atoms with van der Waals surface area (Å²) in [5.41, 5.74) is 1.09. The fourth-order valence-electron chi connectivity index (χ4n) is 4.76. The Balaban J connectivity index is 1.67. The van der Waals surface area contributed by atoms with Gasteiger partial charge in [-0.05, 0) is 36.4 Å². The van der Waals surface area contributed by atoms with E-state index in [1.54, 1.807) is 18.2 Å². The average Bonchev–Trinajstić information content (AvgIpc) is 3.39. The molecule has 3 aromatic carbocycles. The molecule has 0 bridgehead atoms. The molecule has 2 amide bonds. The molecule has 5 rings (SSSR count). The SMILES string of the molecule is COc1ccc([C@H]2[C@H]3C(=O)N(c4ccccc4F)C(=O)[C@@H]3ON2c2ccccc2)c(OC)c1OC. The smallest absolute Gasteiger partial charge is 0.266 e. The Bertz CT molecular complexity index is 1280. The van der Waals surface area contributed by atoms with E-state index >= 15 is 0 Å². The maximum atomic E-state index is 14.6. The van der Waals surface area contributed by atoms with E-state index in [9.17, 15) is 14.0 Å². The van der Waals surface area contributed by atoms with E-state index in [0.717, 1.165) is 4.90 Å².